The summed E-state index contributed by atoms with van der Waals surface area (Å²) in [5.41, 5.74) is 1.77. The van der Waals surface area contributed by atoms with Crippen LogP contribution in [-0.2, 0) is 4.74 Å². The molecule has 29 heavy (non-hydrogen) atoms. The van der Waals surface area contributed by atoms with Crippen molar-refractivity contribution in [1.29, 1.82) is 0 Å². The summed E-state index contributed by atoms with van der Waals surface area (Å²) in [4.78, 5) is 4.39. The number of hydrogen-bond donors (Lipinski definition) is 0. The number of rotatable bonds is 8. The van der Waals surface area contributed by atoms with Gasteiger partial charge < -0.3 is 33.2 Å². The molecule has 0 aliphatic carbocycles. The van der Waals surface area contributed by atoms with Gasteiger partial charge in [-0.15, -0.1) is 0 Å². The maximum atomic E-state index is 6.35. The number of methoxy groups -OCH3 is 6. The van der Waals surface area contributed by atoms with Crippen LogP contribution in [0.4, 0.5) is 0 Å². The third kappa shape index (κ3) is 3.98. The highest BCUT2D eigenvalue weighted by atomic mass is 16.5. The lowest BCUT2D eigenvalue weighted by Gasteiger charge is -2.19. The van der Waals surface area contributed by atoms with Gasteiger partial charge in [-0.2, -0.15) is 4.98 Å². The molecule has 0 bridgehead atoms. The number of benzene rings is 1. The second kappa shape index (κ2) is 9.09. The van der Waals surface area contributed by atoms with E-state index in [1.807, 2.05) is 18.2 Å². The van der Waals surface area contributed by atoms with Gasteiger partial charge in [0.25, 0.3) is 5.88 Å². The number of ether oxygens (including phenoxy) is 7. The number of hydrogen-bond acceptors (Lipinski definition) is 8. The van der Waals surface area contributed by atoms with Gasteiger partial charge >= 0.3 is 0 Å². The Morgan fingerprint density at radius 3 is 1.79 bits per heavy atom. The highest BCUT2D eigenvalue weighted by molar-refractivity contribution is 5.54. The Bertz CT molecular complexity index is 830. The minimum atomic E-state index is -0.193. The molecule has 0 N–H and O–H groups in total. The summed E-state index contributed by atoms with van der Waals surface area (Å²) in [7, 11) is 9.46. The van der Waals surface area contributed by atoms with Crippen molar-refractivity contribution in [3.8, 4) is 34.8 Å². The molecule has 8 heteroatoms. The van der Waals surface area contributed by atoms with E-state index in [1.165, 1.54) is 7.11 Å². The minimum absolute atomic E-state index is 0.133. The Kier molecular flexibility index (Phi) is 6.53. The summed E-state index contributed by atoms with van der Waals surface area (Å²) < 4.78 is 38.8. The van der Waals surface area contributed by atoms with Crippen molar-refractivity contribution in [3.05, 3.63) is 29.3 Å². The van der Waals surface area contributed by atoms with E-state index in [1.54, 1.807) is 35.5 Å². The Hall–Kier alpha value is -2.87. The third-order valence-corrected chi connectivity index (χ3v) is 4.98. The summed E-state index contributed by atoms with van der Waals surface area (Å²) >= 11 is 0. The van der Waals surface area contributed by atoms with E-state index in [4.69, 9.17) is 33.2 Å². The van der Waals surface area contributed by atoms with Gasteiger partial charge in [0.2, 0.25) is 11.6 Å². The first-order valence-electron chi connectivity index (χ1n) is 9.22. The fourth-order valence-electron chi connectivity index (χ4n) is 3.56. The van der Waals surface area contributed by atoms with E-state index in [2.05, 4.69) is 4.98 Å². The second-order valence-corrected chi connectivity index (χ2v) is 6.45. The van der Waals surface area contributed by atoms with Crippen LogP contribution in [0.1, 0.15) is 36.2 Å². The van der Waals surface area contributed by atoms with E-state index < -0.39 is 0 Å². The normalized spacial score (nSPS) is 18.3. The average Bonchev–Trinajstić information content (AvgIpc) is 3.26. The molecule has 158 valence electrons. The zero-order chi connectivity index (χ0) is 21.0. The van der Waals surface area contributed by atoms with Gasteiger partial charge in [-0.3, -0.25) is 0 Å². The molecule has 1 saturated heterocycles. The fraction of sp³-hybridized carbons (Fsp3) is 0.476. The zero-order valence-electron chi connectivity index (χ0n) is 17.6. The SMILES string of the molecule is COc1cc([C@@H]2CC[C@@H](c3cc(OC)c(OC)c(OC)c3)O2)c(OC)nc1OC. The van der Waals surface area contributed by atoms with Crippen LogP contribution in [0.2, 0.25) is 0 Å². The summed E-state index contributed by atoms with van der Waals surface area (Å²) in [6.07, 6.45) is 1.29. The van der Waals surface area contributed by atoms with E-state index in [-0.39, 0.29) is 12.2 Å². The van der Waals surface area contributed by atoms with Crippen molar-refractivity contribution in [1.82, 2.24) is 4.98 Å². The van der Waals surface area contributed by atoms with Gasteiger partial charge in [0, 0.05) is 5.56 Å². The number of pyridine rings is 1. The quantitative estimate of drug-likeness (QED) is 0.658. The smallest absolute Gasteiger partial charge is 0.260 e. The molecule has 1 fully saturated rings. The van der Waals surface area contributed by atoms with Crippen LogP contribution < -0.4 is 28.4 Å². The molecule has 1 aromatic heterocycles. The van der Waals surface area contributed by atoms with Crippen LogP contribution in [0.3, 0.4) is 0 Å². The maximum absolute atomic E-state index is 6.35. The second-order valence-electron chi connectivity index (χ2n) is 6.45. The monoisotopic (exact) mass is 405 g/mol. The molecule has 3 rings (SSSR count). The molecule has 1 aromatic carbocycles. The molecule has 0 spiro atoms. The van der Waals surface area contributed by atoms with E-state index in [9.17, 15) is 0 Å². The first-order valence-corrected chi connectivity index (χ1v) is 9.22. The van der Waals surface area contributed by atoms with Gasteiger partial charge in [-0.05, 0) is 36.6 Å². The van der Waals surface area contributed by atoms with E-state index >= 15 is 0 Å². The Labute approximate surface area is 170 Å². The average molecular weight is 405 g/mol. The lowest BCUT2D eigenvalue weighted by atomic mass is 10.0. The molecule has 8 nitrogen and oxygen atoms in total. The van der Waals surface area contributed by atoms with Crippen molar-refractivity contribution in [2.75, 3.05) is 42.7 Å². The van der Waals surface area contributed by atoms with Gasteiger partial charge in [-0.1, -0.05) is 0 Å². The first-order chi connectivity index (χ1) is 14.1. The molecule has 0 unspecified atom stereocenters. The lowest BCUT2D eigenvalue weighted by molar-refractivity contribution is 0.0419. The summed E-state index contributed by atoms with van der Waals surface area (Å²) in [6.45, 7) is 0. The number of nitrogens with zero attached hydrogens (tertiary/aromatic N) is 1. The Morgan fingerprint density at radius 1 is 0.690 bits per heavy atom. The Morgan fingerprint density at radius 2 is 1.28 bits per heavy atom. The summed E-state index contributed by atoms with van der Waals surface area (Å²) in [5, 5.41) is 0. The van der Waals surface area contributed by atoms with Gasteiger partial charge in [0.05, 0.1) is 54.9 Å². The van der Waals surface area contributed by atoms with Crippen molar-refractivity contribution in [2.24, 2.45) is 0 Å². The molecule has 0 radical (unpaired) electrons. The topological polar surface area (TPSA) is 77.5 Å². The molecular weight excluding hydrogens is 378 g/mol. The molecule has 0 amide bonds. The molecule has 2 aromatic rings. The van der Waals surface area contributed by atoms with Crippen LogP contribution in [0, 0.1) is 0 Å². The molecule has 1 aliphatic rings. The standard InChI is InChI=1S/C21H27NO7/c1-23-16-9-12(10-17(24-2)19(16)26-4)14-7-8-15(29-14)13-11-18(25-3)21(28-6)22-20(13)27-5/h9-11,14-15H,7-8H2,1-6H3/t14-,15-/m0/s1. The largest absolute Gasteiger partial charge is 0.493 e. The van der Waals surface area contributed by atoms with Gasteiger partial charge in [-0.25, -0.2) is 0 Å². The van der Waals surface area contributed by atoms with Crippen LogP contribution in [0.15, 0.2) is 18.2 Å². The predicted octanol–water partition coefficient (Wildman–Crippen LogP) is 3.73. The molecule has 2 heterocycles. The van der Waals surface area contributed by atoms with Crippen LogP contribution in [0.5, 0.6) is 34.8 Å². The Balaban J connectivity index is 1.91. The highest BCUT2D eigenvalue weighted by Gasteiger charge is 2.32. The summed E-state index contributed by atoms with van der Waals surface area (Å²) in [6, 6.07) is 5.68. The molecule has 0 saturated carbocycles. The fourth-order valence-corrected chi connectivity index (χ4v) is 3.56. The first kappa shape index (κ1) is 20.9. The minimum Gasteiger partial charge on any atom is -0.493 e. The maximum Gasteiger partial charge on any atom is 0.260 e. The third-order valence-electron chi connectivity index (χ3n) is 4.98. The lowest BCUT2D eigenvalue weighted by Crippen LogP contribution is -2.06. The molecular formula is C21H27NO7. The predicted molar refractivity (Wildman–Crippen MR) is 106 cm³/mol. The van der Waals surface area contributed by atoms with Crippen LogP contribution in [0.25, 0.3) is 0 Å². The number of aromatic nitrogens is 1. The van der Waals surface area contributed by atoms with Crippen LogP contribution in [-0.4, -0.2) is 47.6 Å². The van der Waals surface area contributed by atoms with Crippen molar-refractivity contribution < 1.29 is 33.2 Å². The molecule has 1 aliphatic heterocycles. The van der Waals surface area contributed by atoms with Crippen molar-refractivity contribution in [2.45, 2.75) is 25.0 Å². The van der Waals surface area contributed by atoms with E-state index in [0.29, 0.717) is 34.8 Å². The van der Waals surface area contributed by atoms with Crippen molar-refractivity contribution in [3.63, 3.8) is 0 Å². The zero-order valence-corrected chi connectivity index (χ0v) is 17.6. The van der Waals surface area contributed by atoms with E-state index in [0.717, 1.165) is 24.0 Å². The van der Waals surface area contributed by atoms with Crippen LogP contribution >= 0.6 is 0 Å². The van der Waals surface area contributed by atoms with Crippen molar-refractivity contribution >= 4 is 0 Å². The summed E-state index contributed by atoms with van der Waals surface area (Å²) in [5.74, 6) is 3.10. The van der Waals surface area contributed by atoms with Gasteiger partial charge in [0.1, 0.15) is 0 Å². The van der Waals surface area contributed by atoms with Gasteiger partial charge in [0.15, 0.2) is 17.2 Å². The molecule has 2 atom stereocenters. The highest BCUT2D eigenvalue weighted by Crippen LogP contribution is 2.48.